The summed E-state index contributed by atoms with van der Waals surface area (Å²) < 4.78 is 0. The first-order valence-corrected chi connectivity index (χ1v) is 7.31. The van der Waals surface area contributed by atoms with Gasteiger partial charge in [0, 0.05) is 44.2 Å². The Morgan fingerprint density at radius 3 is 2.86 bits per heavy atom. The number of hydrogen-bond acceptors (Lipinski definition) is 5. The third kappa shape index (κ3) is 3.61. The van der Waals surface area contributed by atoms with Crippen molar-refractivity contribution in [2.45, 2.75) is 13.0 Å². The topological polar surface area (TPSA) is 95.4 Å². The maximum Gasteiger partial charge on any atom is 0.220 e. The van der Waals surface area contributed by atoms with E-state index in [4.69, 9.17) is 17.4 Å². The van der Waals surface area contributed by atoms with E-state index in [1.807, 2.05) is 17.0 Å². The molecule has 1 aliphatic rings. The summed E-state index contributed by atoms with van der Waals surface area (Å²) in [5.74, 6) is 5.69. The average molecular weight is 323 g/mol. The Kier molecular flexibility index (Phi) is 5.46. The van der Waals surface area contributed by atoms with Gasteiger partial charge in [0.15, 0.2) is 5.84 Å². The molecule has 3 N–H and O–H groups in total. The summed E-state index contributed by atoms with van der Waals surface area (Å²) in [5, 5.41) is 15.0. The Morgan fingerprint density at radius 2 is 2.23 bits per heavy atom. The second-order valence-electron chi connectivity index (χ2n) is 4.96. The van der Waals surface area contributed by atoms with Gasteiger partial charge in [-0.2, -0.15) is 10.2 Å². The van der Waals surface area contributed by atoms with Crippen LogP contribution in [-0.2, 0) is 4.79 Å². The second kappa shape index (κ2) is 7.33. The number of benzene rings is 1. The first-order valence-electron chi connectivity index (χ1n) is 6.93. The number of carbonyl (C=O) groups excluding carboxylic acids is 1. The molecular weight excluding hydrogens is 304 g/mol. The third-order valence-electron chi connectivity index (χ3n) is 3.53. The molecule has 0 spiro atoms. The first kappa shape index (κ1) is 16.4. The molecule has 1 aromatic rings. The minimum Gasteiger partial charge on any atom is -0.333 e. The van der Waals surface area contributed by atoms with E-state index in [9.17, 15) is 4.79 Å². The Balaban J connectivity index is 2.42. The lowest BCUT2D eigenvalue weighted by atomic mass is 10.0. The van der Waals surface area contributed by atoms with Crippen LogP contribution < -0.4 is 11.2 Å². The van der Waals surface area contributed by atoms with Gasteiger partial charge in [0.2, 0.25) is 5.91 Å². The molecule has 1 heterocycles. The average Bonchev–Trinajstić information content (AvgIpc) is 2.51. The molecule has 8 heteroatoms. The van der Waals surface area contributed by atoms with Crippen molar-refractivity contribution in [1.29, 1.82) is 0 Å². The van der Waals surface area contributed by atoms with Crippen LogP contribution in [0.2, 0.25) is 5.02 Å². The van der Waals surface area contributed by atoms with Gasteiger partial charge in [-0.1, -0.05) is 11.6 Å². The van der Waals surface area contributed by atoms with Gasteiger partial charge in [0.05, 0.1) is 6.04 Å². The number of amides is 1. The van der Waals surface area contributed by atoms with E-state index in [0.717, 1.165) is 12.1 Å². The van der Waals surface area contributed by atoms with Crippen LogP contribution in [0.1, 0.15) is 24.1 Å². The molecule has 0 aliphatic carbocycles. The number of piperazine rings is 1. The predicted octanol–water partition coefficient (Wildman–Crippen LogP) is 1.54. The summed E-state index contributed by atoms with van der Waals surface area (Å²) >= 11 is 6.21. The molecule has 0 aromatic heterocycles. The molecule has 1 amide bonds. The van der Waals surface area contributed by atoms with Gasteiger partial charge < -0.3 is 16.1 Å². The number of nitrogens with one attached hydrogen (secondary N) is 1. The van der Waals surface area contributed by atoms with Crippen molar-refractivity contribution >= 4 is 23.3 Å². The summed E-state index contributed by atoms with van der Waals surface area (Å²) in [6.45, 7) is 3.68. The molecule has 22 heavy (non-hydrogen) atoms. The number of nitrogens with two attached hydrogens (primary N) is 1. The summed E-state index contributed by atoms with van der Waals surface area (Å²) in [6, 6.07) is 5.37. The highest BCUT2D eigenvalue weighted by Crippen LogP contribution is 2.27. The lowest BCUT2D eigenvalue weighted by Crippen LogP contribution is -2.47. The maximum absolute atomic E-state index is 11.8. The van der Waals surface area contributed by atoms with Gasteiger partial charge >= 0.3 is 0 Å². The molecule has 0 saturated carbocycles. The molecule has 1 atom stereocenters. The number of halogens is 1. The van der Waals surface area contributed by atoms with Gasteiger partial charge in [-0.3, -0.25) is 4.79 Å². The fraction of sp³-hybridized carbons (Fsp3) is 0.429. The van der Waals surface area contributed by atoms with Crippen LogP contribution in [0.4, 0.5) is 0 Å². The van der Waals surface area contributed by atoms with Crippen molar-refractivity contribution in [3.63, 3.8) is 0 Å². The molecular formula is C14H19ClN6O. The highest BCUT2D eigenvalue weighted by Gasteiger charge is 2.26. The van der Waals surface area contributed by atoms with Crippen molar-refractivity contribution in [1.82, 2.24) is 10.2 Å². The third-order valence-corrected chi connectivity index (χ3v) is 3.75. The van der Waals surface area contributed by atoms with Crippen molar-refractivity contribution in [3.8, 4) is 0 Å². The number of nitrogens with zero attached hydrogens (tertiary/aromatic N) is 4. The molecule has 1 fully saturated rings. The number of rotatable bonds is 2. The van der Waals surface area contributed by atoms with Crippen LogP contribution in [0.15, 0.2) is 33.5 Å². The fourth-order valence-corrected chi connectivity index (χ4v) is 2.81. The zero-order valence-electron chi connectivity index (χ0n) is 12.6. The van der Waals surface area contributed by atoms with E-state index in [2.05, 4.69) is 20.6 Å². The standard InChI is InChI=1S/C14H19ClN6O/c1-9(22)21-4-3-18-8-13(21)10-5-11(7-12(15)6-10)14(19-16)20-17-2/h5-7,13,18H,3-4,8,16H2,1-2H3/b19-14-,20-17?. The quantitative estimate of drug-likeness (QED) is 0.284. The minimum absolute atomic E-state index is 0.0361. The van der Waals surface area contributed by atoms with Crippen LogP contribution in [0.25, 0.3) is 0 Å². The van der Waals surface area contributed by atoms with E-state index in [-0.39, 0.29) is 11.9 Å². The Hall–Kier alpha value is -1.99. The van der Waals surface area contributed by atoms with Gasteiger partial charge in [0.1, 0.15) is 0 Å². The summed E-state index contributed by atoms with van der Waals surface area (Å²) in [6.07, 6.45) is 0. The fourth-order valence-electron chi connectivity index (χ4n) is 2.57. The van der Waals surface area contributed by atoms with Crippen molar-refractivity contribution in [2.75, 3.05) is 26.7 Å². The smallest absolute Gasteiger partial charge is 0.220 e. The molecule has 1 aromatic carbocycles. The molecule has 0 bridgehead atoms. The Morgan fingerprint density at radius 1 is 1.45 bits per heavy atom. The maximum atomic E-state index is 11.8. The second-order valence-corrected chi connectivity index (χ2v) is 5.39. The van der Waals surface area contributed by atoms with E-state index < -0.39 is 0 Å². The molecule has 7 nitrogen and oxygen atoms in total. The lowest BCUT2D eigenvalue weighted by Gasteiger charge is -2.36. The molecule has 2 rings (SSSR count). The van der Waals surface area contributed by atoms with Gasteiger partial charge in [-0.05, 0) is 23.8 Å². The molecule has 0 radical (unpaired) electrons. The Bertz CT molecular complexity index is 615. The van der Waals surface area contributed by atoms with Gasteiger partial charge in [0.25, 0.3) is 0 Å². The van der Waals surface area contributed by atoms with Crippen molar-refractivity contribution in [2.24, 2.45) is 21.2 Å². The highest BCUT2D eigenvalue weighted by molar-refractivity contribution is 6.31. The van der Waals surface area contributed by atoms with Crippen LogP contribution in [0.5, 0.6) is 0 Å². The lowest BCUT2D eigenvalue weighted by molar-refractivity contribution is -0.132. The summed E-state index contributed by atoms with van der Waals surface area (Å²) in [4.78, 5) is 13.7. The number of azo groups is 1. The van der Waals surface area contributed by atoms with Crippen LogP contribution in [-0.4, -0.2) is 43.3 Å². The van der Waals surface area contributed by atoms with Crippen LogP contribution in [0.3, 0.4) is 0 Å². The van der Waals surface area contributed by atoms with Crippen LogP contribution >= 0.6 is 11.6 Å². The summed E-state index contributed by atoms with van der Waals surface area (Å²) in [5.41, 5.74) is 1.59. The zero-order valence-corrected chi connectivity index (χ0v) is 13.3. The number of hydrazone groups is 1. The van der Waals surface area contributed by atoms with E-state index in [1.54, 1.807) is 20.0 Å². The number of amidine groups is 1. The van der Waals surface area contributed by atoms with Gasteiger partial charge in [-0.15, -0.1) is 5.11 Å². The SMILES string of the molecule is CN=N/C(=N\N)c1cc(Cl)cc(C2CNCCN2C(C)=O)c1. The number of carbonyl (C=O) groups is 1. The minimum atomic E-state index is -0.0821. The van der Waals surface area contributed by atoms with E-state index in [0.29, 0.717) is 29.5 Å². The zero-order chi connectivity index (χ0) is 16.1. The van der Waals surface area contributed by atoms with Crippen molar-refractivity contribution in [3.05, 3.63) is 34.3 Å². The largest absolute Gasteiger partial charge is 0.333 e. The summed E-state index contributed by atoms with van der Waals surface area (Å²) in [7, 11) is 1.54. The van der Waals surface area contributed by atoms with Crippen molar-refractivity contribution < 1.29 is 4.79 Å². The molecule has 1 aliphatic heterocycles. The monoisotopic (exact) mass is 322 g/mol. The van der Waals surface area contributed by atoms with Gasteiger partial charge in [-0.25, -0.2) is 0 Å². The first-order chi connectivity index (χ1) is 10.6. The normalized spacial score (nSPS) is 19.7. The number of hydrogen-bond donors (Lipinski definition) is 2. The molecule has 1 unspecified atom stereocenters. The highest BCUT2D eigenvalue weighted by atomic mass is 35.5. The molecule has 1 saturated heterocycles. The van der Waals surface area contributed by atoms with Crippen LogP contribution in [0, 0.1) is 0 Å². The van der Waals surface area contributed by atoms with E-state index in [1.165, 1.54) is 0 Å². The predicted molar refractivity (Wildman–Crippen MR) is 86.0 cm³/mol. The molecule has 118 valence electrons. The Labute approximate surface area is 134 Å². The van der Waals surface area contributed by atoms with E-state index >= 15 is 0 Å².